The maximum Gasteiger partial charge on any atom is 0.125 e. The van der Waals surface area contributed by atoms with Crippen molar-refractivity contribution >= 4 is 29.4 Å². The Morgan fingerprint density at radius 3 is 2.89 bits per heavy atom. The molecule has 0 aliphatic carbocycles. The molecule has 0 aromatic heterocycles. The topological polar surface area (TPSA) is 59.1 Å². The number of rotatable bonds is 5. The van der Waals surface area contributed by atoms with Gasteiger partial charge in [0.25, 0.3) is 0 Å². The Kier molecular flexibility index (Phi) is 4.97. The number of hydrogen-bond acceptors (Lipinski definition) is 4. The Labute approximate surface area is 116 Å². The summed E-state index contributed by atoms with van der Waals surface area (Å²) in [6, 6.07) is 6.07. The van der Waals surface area contributed by atoms with Crippen molar-refractivity contribution in [3.8, 4) is 0 Å². The van der Waals surface area contributed by atoms with Gasteiger partial charge in [-0.1, -0.05) is 6.07 Å². The predicted molar refractivity (Wildman–Crippen MR) is 78.9 cm³/mol. The van der Waals surface area contributed by atoms with Gasteiger partial charge in [-0.3, -0.25) is 5.41 Å². The Balaban J connectivity index is 2.13. The summed E-state index contributed by atoms with van der Waals surface area (Å²) >= 11 is 3.37. The van der Waals surface area contributed by atoms with Crippen molar-refractivity contribution in [2.75, 3.05) is 18.6 Å². The summed E-state index contributed by atoms with van der Waals surface area (Å²) in [6.45, 7) is 0.885. The lowest BCUT2D eigenvalue weighted by atomic mass is 10.2. The molecule has 1 saturated heterocycles. The van der Waals surface area contributed by atoms with E-state index in [1.54, 1.807) is 23.5 Å². The van der Waals surface area contributed by atoms with Crippen LogP contribution in [0.3, 0.4) is 0 Å². The van der Waals surface area contributed by atoms with Gasteiger partial charge in [-0.2, -0.15) is 0 Å². The van der Waals surface area contributed by atoms with E-state index in [0.717, 1.165) is 40.6 Å². The maximum atomic E-state index is 7.73. The average molecular weight is 282 g/mol. The molecule has 0 bridgehead atoms. The highest BCUT2D eigenvalue weighted by atomic mass is 32.2. The molecule has 0 saturated carbocycles. The normalized spacial score (nSPS) is 19.1. The molecule has 1 aliphatic heterocycles. The summed E-state index contributed by atoms with van der Waals surface area (Å²) in [7, 11) is 0. The standard InChI is InChI=1S/C13H18N2OS2/c1-17-10-5-2-6-11(12(10)13(14)15)18-8-9-4-3-7-16-9/h2,5-6,9H,3-4,7-8H2,1H3,(H3,14,15). The van der Waals surface area contributed by atoms with E-state index in [9.17, 15) is 0 Å². The molecule has 5 heteroatoms. The Bertz CT molecular complexity index is 431. The molecule has 0 spiro atoms. The Morgan fingerprint density at radius 1 is 1.50 bits per heavy atom. The van der Waals surface area contributed by atoms with Crippen LogP contribution in [0.4, 0.5) is 0 Å². The molecule has 98 valence electrons. The van der Waals surface area contributed by atoms with Crippen molar-refractivity contribution in [3.05, 3.63) is 23.8 Å². The molecule has 0 amide bonds. The van der Waals surface area contributed by atoms with Gasteiger partial charge in [0.15, 0.2) is 0 Å². The summed E-state index contributed by atoms with van der Waals surface area (Å²) in [6.07, 6.45) is 4.67. The lowest BCUT2D eigenvalue weighted by molar-refractivity contribution is 0.129. The minimum Gasteiger partial charge on any atom is -0.384 e. The van der Waals surface area contributed by atoms with Gasteiger partial charge in [0.05, 0.1) is 6.10 Å². The molecule has 3 N–H and O–H groups in total. The molecule has 1 aromatic carbocycles. The largest absolute Gasteiger partial charge is 0.384 e. The van der Waals surface area contributed by atoms with E-state index in [0.29, 0.717) is 6.10 Å². The number of hydrogen-bond donors (Lipinski definition) is 2. The first-order chi connectivity index (χ1) is 8.72. The zero-order valence-corrected chi connectivity index (χ0v) is 12.1. The lowest BCUT2D eigenvalue weighted by Crippen LogP contribution is -2.15. The number of amidine groups is 1. The molecule has 3 nitrogen and oxygen atoms in total. The fourth-order valence-electron chi connectivity index (χ4n) is 2.03. The number of nitrogens with two attached hydrogens (primary N) is 1. The fourth-order valence-corrected chi connectivity index (χ4v) is 3.90. The van der Waals surface area contributed by atoms with Gasteiger partial charge in [-0.25, -0.2) is 0 Å². The van der Waals surface area contributed by atoms with E-state index in [-0.39, 0.29) is 5.84 Å². The molecule has 18 heavy (non-hydrogen) atoms. The smallest absolute Gasteiger partial charge is 0.125 e. The van der Waals surface area contributed by atoms with Crippen LogP contribution in [0.2, 0.25) is 0 Å². The van der Waals surface area contributed by atoms with E-state index in [2.05, 4.69) is 0 Å². The third kappa shape index (κ3) is 3.22. The first kappa shape index (κ1) is 13.8. The van der Waals surface area contributed by atoms with Crippen LogP contribution < -0.4 is 5.73 Å². The number of benzene rings is 1. The van der Waals surface area contributed by atoms with Crippen molar-refractivity contribution in [2.24, 2.45) is 5.73 Å². The number of thioether (sulfide) groups is 2. The summed E-state index contributed by atoms with van der Waals surface area (Å²) in [5, 5.41) is 7.73. The van der Waals surface area contributed by atoms with Crippen molar-refractivity contribution < 1.29 is 4.74 Å². The number of nitrogen functional groups attached to an aromatic ring is 1. The van der Waals surface area contributed by atoms with E-state index in [1.165, 1.54) is 0 Å². The lowest BCUT2D eigenvalue weighted by Gasteiger charge is -2.14. The molecule has 1 fully saturated rings. The SMILES string of the molecule is CSc1cccc(SCC2CCCO2)c1C(=N)N. The van der Waals surface area contributed by atoms with Crippen molar-refractivity contribution in [1.82, 2.24) is 0 Å². The third-order valence-corrected chi connectivity index (χ3v) is 4.90. The summed E-state index contributed by atoms with van der Waals surface area (Å²) in [5.41, 5.74) is 6.57. The van der Waals surface area contributed by atoms with Crippen molar-refractivity contribution in [3.63, 3.8) is 0 Å². The predicted octanol–water partition coefficient (Wildman–Crippen LogP) is 2.96. The van der Waals surface area contributed by atoms with Gasteiger partial charge in [0.1, 0.15) is 5.84 Å². The monoisotopic (exact) mass is 282 g/mol. The van der Waals surface area contributed by atoms with Crippen molar-refractivity contribution in [1.29, 1.82) is 5.41 Å². The Morgan fingerprint density at radius 2 is 2.28 bits per heavy atom. The van der Waals surface area contributed by atoms with Gasteiger partial charge in [-0.05, 0) is 31.2 Å². The second-order valence-electron chi connectivity index (χ2n) is 4.19. The molecule has 1 aromatic rings. The highest BCUT2D eigenvalue weighted by Gasteiger charge is 2.17. The minimum absolute atomic E-state index is 0.148. The van der Waals surface area contributed by atoms with Gasteiger partial charge in [-0.15, -0.1) is 23.5 Å². The first-order valence-corrected chi connectivity index (χ1v) is 8.19. The quantitative estimate of drug-likeness (QED) is 0.495. The molecule has 1 heterocycles. The van der Waals surface area contributed by atoms with Crippen LogP contribution in [0.25, 0.3) is 0 Å². The third-order valence-electron chi connectivity index (χ3n) is 2.93. The highest BCUT2D eigenvalue weighted by Crippen LogP contribution is 2.31. The fraction of sp³-hybridized carbons (Fsp3) is 0.462. The van der Waals surface area contributed by atoms with E-state index < -0.39 is 0 Å². The van der Waals surface area contributed by atoms with Gasteiger partial charge >= 0.3 is 0 Å². The second kappa shape index (κ2) is 6.50. The summed E-state index contributed by atoms with van der Waals surface area (Å²) < 4.78 is 5.62. The van der Waals surface area contributed by atoms with Crippen LogP contribution in [0.15, 0.2) is 28.0 Å². The van der Waals surface area contributed by atoms with Gasteiger partial charge in [0, 0.05) is 27.7 Å². The second-order valence-corrected chi connectivity index (χ2v) is 6.10. The van der Waals surface area contributed by atoms with Gasteiger partial charge < -0.3 is 10.5 Å². The number of ether oxygens (including phenoxy) is 1. The highest BCUT2D eigenvalue weighted by molar-refractivity contribution is 8.00. The molecule has 2 rings (SSSR count). The maximum absolute atomic E-state index is 7.73. The van der Waals surface area contributed by atoms with Crippen LogP contribution in [0.1, 0.15) is 18.4 Å². The molecular formula is C13H18N2OS2. The number of nitrogens with one attached hydrogen (secondary N) is 1. The van der Waals surface area contributed by atoms with Crippen molar-refractivity contribution in [2.45, 2.75) is 28.7 Å². The van der Waals surface area contributed by atoms with Crippen LogP contribution in [-0.2, 0) is 4.74 Å². The molecular weight excluding hydrogens is 264 g/mol. The minimum atomic E-state index is 0.148. The average Bonchev–Trinajstić information content (AvgIpc) is 2.88. The van der Waals surface area contributed by atoms with Crippen LogP contribution in [0.5, 0.6) is 0 Å². The molecule has 1 unspecified atom stereocenters. The van der Waals surface area contributed by atoms with E-state index in [4.69, 9.17) is 15.9 Å². The summed E-state index contributed by atoms with van der Waals surface area (Å²) in [4.78, 5) is 2.16. The first-order valence-electron chi connectivity index (χ1n) is 5.98. The van der Waals surface area contributed by atoms with E-state index >= 15 is 0 Å². The zero-order valence-electron chi connectivity index (χ0n) is 10.4. The molecule has 0 radical (unpaired) electrons. The zero-order chi connectivity index (χ0) is 13.0. The van der Waals surface area contributed by atoms with Crippen LogP contribution in [-0.4, -0.2) is 30.6 Å². The molecule has 1 atom stereocenters. The Hall–Kier alpha value is -0.650. The van der Waals surface area contributed by atoms with Crippen LogP contribution in [0, 0.1) is 5.41 Å². The van der Waals surface area contributed by atoms with E-state index in [1.807, 2.05) is 24.5 Å². The molecule has 1 aliphatic rings. The summed E-state index contributed by atoms with van der Waals surface area (Å²) in [5.74, 6) is 1.09. The van der Waals surface area contributed by atoms with Crippen LogP contribution >= 0.6 is 23.5 Å². The van der Waals surface area contributed by atoms with Gasteiger partial charge in [0.2, 0.25) is 0 Å².